The predicted molar refractivity (Wildman–Crippen MR) is 78.2 cm³/mol. The van der Waals surface area contributed by atoms with Crippen molar-refractivity contribution in [1.29, 1.82) is 0 Å². The van der Waals surface area contributed by atoms with E-state index in [2.05, 4.69) is 14.6 Å². The van der Waals surface area contributed by atoms with E-state index in [0.717, 1.165) is 13.1 Å². The van der Waals surface area contributed by atoms with Crippen LogP contribution in [0.15, 0.2) is 18.5 Å². The van der Waals surface area contributed by atoms with E-state index < -0.39 is 0 Å². The van der Waals surface area contributed by atoms with Gasteiger partial charge in [-0.25, -0.2) is 0 Å². The lowest BCUT2D eigenvalue weighted by atomic mass is 10.2. The summed E-state index contributed by atoms with van der Waals surface area (Å²) in [5.41, 5.74) is 0.433. The Morgan fingerprint density at radius 2 is 2.05 bits per heavy atom. The molecule has 2 rings (SSSR count). The molecule has 1 saturated heterocycles. The van der Waals surface area contributed by atoms with Crippen molar-refractivity contribution in [2.24, 2.45) is 0 Å². The highest BCUT2D eigenvalue weighted by Gasteiger charge is 2.23. The fraction of sp³-hybridized carbons (Fsp3) is 0.500. The van der Waals surface area contributed by atoms with Crippen molar-refractivity contribution in [2.45, 2.75) is 6.42 Å². The minimum absolute atomic E-state index is 0.0966. The van der Waals surface area contributed by atoms with Gasteiger partial charge in [0.05, 0.1) is 24.1 Å². The quantitative estimate of drug-likeness (QED) is 0.778. The molecule has 1 aliphatic rings. The summed E-state index contributed by atoms with van der Waals surface area (Å²) in [6.07, 6.45) is 3.43. The largest absolute Gasteiger partial charge is 0.469 e. The van der Waals surface area contributed by atoms with Crippen LogP contribution in [0.4, 0.5) is 0 Å². The highest BCUT2D eigenvalue weighted by atomic mass is 35.5. The lowest BCUT2D eigenvalue weighted by Gasteiger charge is -2.34. The minimum Gasteiger partial charge on any atom is -0.469 e. The van der Waals surface area contributed by atoms with Gasteiger partial charge in [-0.05, 0) is 6.07 Å². The van der Waals surface area contributed by atoms with E-state index in [9.17, 15) is 9.59 Å². The van der Waals surface area contributed by atoms with Crippen LogP contribution in [-0.2, 0) is 9.53 Å². The molecule has 0 aromatic carbocycles. The van der Waals surface area contributed by atoms with Gasteiger partial charge in [0.2, 0.25) is 0 Å². The second kappa shape index (κ2) is 7.38. The Labute approximate surface area is 128 Å². The predicted octanol–water partition coefficient (Wildman–Crippen LogP) is 1.06. The Hall–Kier alpha value is -1.66. The molecule has 1 aromatic rings. The van der Waals surface area contributed by atoms with Gasteiger partial charge in [-0.15, -0.1) is 0 Å². The summed E-state index contributed by atoms with van der Waals surface area (Å²) in [4.78, 5) is 31.3. The first-order valence-electron chi connectivity index (χ1n) is 6.79. The topological polar surface area (TPSA) is 62.7 Å². The molecule has 0 radical (unpaired) electrons. The zero-order chi connectivity index (χ0) is 15.2. The summed E-state index contributed by atoms with van der Waals surface area (Å²) in [7, 11) is 1.39. The molecule has 1 fully saturated rings. The smallest absolute Gasteiger partial charge is 0.306 e. The third-order valence-electron chi connectivity index (χ3n) is 3.52. The van der Waals surface area contributed by atoms with Crippen LogP contribution in [0.1, 0.15) is 16.8 Å². The second-order valence-corrected chi connectivity index (χ2v) is 5.22. The van der Waals surface area contributed by atoms with Crippen LogP contribution in [0.5, 0.6) is 0 Å². The van der Waals surface area contributed by atoms with Crippen LogP contribution in [0.2, 0.25) is 5.02 Å². The molecule has 1 amide bonds. The number of piperazine rings is 1. The molecular formula is C14H18ClN3O3. The van der Waals surface area contributed by atoms with Gasteiger partial charge >= 0.3 is 5.97 Å². The highest BCUT2D eigenvalue weighted by molar-refractivity contribution is 6.33. The van der Waals surface area contributed by atoms with Crippen molar-refractivity contribution in [3.8, 4) is 0 Å². The maximum absolute atomic E-state index is 12.3. The van der Waals surface area contributed by atoms with Crippen LogP contribution in [0.25, 0.3) is 0 Å². The Bertz CT molecular complexity index is 516. The maximum atomic E-state index is 12.3. The third-order valence-corrected chi connectivity index (χ3v) is 3.85. The van der Waals surface area contributed by atoms with Crippen LogP contribution < -0.4 is 0 Å². The molecule has 0 aliphatic carbocycles. The van der Waals surface area contributed by atoms with Gasteiger partial charge in [0.15, 0.2) is 0 Å². The molecule has 2 heterocycles. The number of nitrogens with zero attached hydrogens (tertiary/aromatic N) is 3. The standard InChI is InChI=1S/C14H18ClN3O3/c1-21-13(19)3-5-17-6-8-18(9-7-17)14(20)11-10-16-4-2-12(11)15/h2,4,10H,3,5-9H2,1H3. The summed E-state index contributed by atoms with van der Waals surface area (Å²) < 4.78 is 4.62. The molecule has 0 unspecified atom stereocenters. The van der Waals surface area contributed by atoms with Crippen molar-refractivity contribution in [3.05, 3.63) is 29.0 Å². The number of hydrogen-bond acceptors (Lipinski definition) is 5. The number of hydrogen-bond donors (Lipinski definition) is 0. The molecule has 0 atom stereocenters. The van der Waals surface area contributed by atoms with E-state index in [4.69, 9.17) is 11.6 Å². The average molecular weight is 312 g/mol. The molecule has 7 heteroatoms. The van der Waals surface area contributed by atoms with Crippen LogP contribution >= 0.6 is 11.6 Å². The summed E-state index contributed by atoms with van der Waals surface area (Å²) in [6.45, 7) is 3.36. The molecule has 1 aliphatic heterocycles. The zero-order valence-electron chi connectivity index (χ0n) is 11.9. The number of carbonyl (C=O) groups excluding carboxylic acids is 2. The lowest BCUT2D eigenvalue weighted by Crippen LogP contribution is -2.49. The van der Waals surface area contributed by atoms with E-state index in [1.807, 2.05) is 0 Å². The van der Waals surface area contributed by atoms with Gasteiger partial charge in [0, 0.05) is 45.1 Å². The van der Waals surface area contributed by atoms with Crippen molar-refractivity contribution < 1.29 is 14.3 Å². The number of aromatic nitrogens is 1. The Balaban J connectivity index is 1.85. The first-order chi connectivity index (χ1) is 10.1. The summed E-state index contributed by atoms with van der Waals surface area (Å²) >= 11 is 6.02. The van der Waals surface area contributed by atoms with Gasteiger partial charge in [-0.1, -0.05) is 11.6 Å². The van der Waals surface area contributed by atoms with E-state index in [-0.39, 0.29) is 11.9 Å². The number of methoxy groups -OCH3 is 1. The van der Waals surface area contributed by atoms with E-state index in [1.165, 1.54) is 13.3 Å². The number of esters is 1. The normalized spacial score (nSPS) is 15.8. The fourth-order valence-electron chi connectivity index (χ4n) is 2.23. The number of carbonyl (C=O) groups is 2. The summed E-state index contributed by atoms with van der Waals surface area (Å²) in [5, 5.41) is 0.420. The molecule has 0 spiro atoms. The fourth-order valence-corrected chi connectivity index (χ4v) is 2.42. The number of amides is 1. The molecule has 1 aromatic heterocycles. The minimum atomic E-state index is -0.212. The van der Waals surface area contributed by atoms with E-state index in [0.29, 0.717) is 36.6 Å². The molecule has 6 nitrogen and oxygen atoms in total. The van der Waals surface area contributed by atoms with Gasteiger partial charge in [-0.3, -0.25) is 19.5 Å². The van der Waals surface area contributed by atoms with Gasteiger partial charge in [0.1, 0.15) is 0 Å². The van der Waals surface area contributed by atoms with Crippen LogP contribution in [-0.4, -0.2) is 66.5 Å². The van der Waals surface area contributed by atoms with Crippen molar-refractivity contribution in [2.75, 3.05) is 39.8 Å². The molecule has 0 bridgehead atoms. The summed E-state index contributed by atoms with van der Waals surface area (Å²) in [6, 6.07) is 1.61. The van der Waals surface area contributed by atoms with Crippen LogP contribution in [0, 0.1) is 0 Å². The van der Waals surface area contributed by atoms with Crippen molar-refractivity contribution in [3.63, 3.8) is 0 Å². The molecular weight excluding hydrogens is 294 g/mol. The van der Waals surface area contributed by atoms with Gasteiger partial charge in [0.25, 0.3) is 5.91 Å². The Morgan fingerprint density at radius 3 is 2.67 bits per heavy atom. The van der Waals surface area contributed by atoms with Gasteiger partial charge in [-0.2, -0.15) is 0 Å². The third kappa shape index (κ3) is 4.15. The maximum Gasteiger partial charge on any atom is 0.306 e. The van der Waals surface area contributed by atoms with Crippen molar-refractivity contribution in [1.82, 2.24) is 14.8 Å². The molecule has 114 valence electrons. The first kappa shape index (κ1) is 15.7. The highest BCUT2D eigenvalue weighted by Crippen LogP contribution is 2.17. The van der Waals surface area contributed by atoms with Gasteiger partial charge < -0.3 is 9.64 Å². The molecule has 0 N–H and O–H groups in total. The number of halogens is 1. The molecule has 0 saturated carbocycles. The van der Waals surface area contributed by atoms with Crippen LogP contribution in [0.3, 0.4) is 0 Å². The number of rotatable bonds is 4. The zero-order valence-corrected chi connectivity index (χ0v) is 12.7. The van der Waals surface area contributed by atoms with E-state index >= 15 is 0 Å². The summed E-state index contributed by atoms with van der Waals surface area (Å²) in [5.74, 6) is -0.309. The van der Waals surface area contributed by atoms with E-state index in [1.54, 1.807) is 17.2 Å². The second-order valence-electron chi connectivity index (χ2n) is 4.82. The molecule has 21 heavy (non-hydrogen) atoms. The number of pyridine rings is 1. The Kier molecular flexibility index (Phi) is 5.52. The lowest BCUT2D eigenvalue weighted by molar-refractivity contribution is -0.141. The Morgan fingerprint density at radius 1 is 1.33 bits per heavy atom. The van der Waals surface area contributed by atoms with Crippen molar-refractivity contribution >= 4 is 23.5 Å². The SMILES string of the molecule is COC(=O)CCN1CCN(C(=O)c2cnccc2Cl)CC1. The first-order valence-corrected chi connectivity index (χ1v) is 7.17. The number of ether oxygens (including phenoxy) is 1. The monoisotopic (exact) mass is 311 g/mol. The average Bonchev–Trinajstić information content (AvgIpc) is 2.53.